The molecule has 4 rings (SSSR count). The van der Waals surface area contributed by atoms with Crippen molar-refractivity contribution in [3.63, 3.8) is 0 Å². The molecule has 3 heterocycles. The number of Topliss-reactive ketones (excluding diaryl/α,β-unsaturated/α-hetero) is 1. The van der Waals surface area contributed by atoms with E-state index in [-0.39, 0.29) is 29.1 Å². The number of rotatable bonds is 4. The summed E-state index contributed by atoms with van der Waals surface area (Å²) >= 11 is 0. The number of hydrogen-bond acceptors (Lipinski definition) is 6. The van der Waals surface area contributed by atoms with Gasteiger partial charge < -0.3 is 4.90 Å². The van der Waals surface area contributed by atoms with Crippen LogP contribution < -0.4 is 10.5 Å². The van der Waals surface area contributed by atoms with Crippen LogP contribution in [0.25, 0.3) is 11.4 Å². The minimum Gasteiger partial charge on any atom is -0.339 e. The summed E-state index contributed by atoms with van der Waals surface area (Å²) in [5.74, 6) is 0.0726. The summed E-state index contributed by atoms with van der Waals surface area (Å²) in [6.07, 6.45) is 4.29. The van der Waals surface area contributed by atoms with Gasteiger partial charge in [0.15, 0.2) is 5.78 Å². The number of halogens is 1. The van der Waals surface area contributed by atoms with Crippen molar-refractivity contribution in [3.8, 4) is 11.4 Å². The summed E-state index contributed by atoms with van der Waals surface area (Å²) < 4.78 is 14.7. The van der Waals surface area contributed by atoms with Crippen molar-refractivity contribution in [3.05, 3.63) is 70.7 Å². The van der Waals surface area contributed by atoms with E-state index in [1.54, 1.807) is 19.3 Å². The Hall–Kier alpha value is -3.42. The van der Waals surface area contributed by atoms with E-state index in [0.717, 1.165) is 0 Å². The molecule has 30 heavy (non-hydrogen) atoms. The number of anilines is 1. The van der Waals surface area contributed by atoms with Crippen molar-refractivity contribution in [1.29, 1.82) is 0 Å². The molecule has 0 aliphatic carbocycles. The van der Waals surface area contributed by atoms with Gasteiger partial charge in [-0.1, -0.05) is 0 Å². The lowest BCUT2D eigenvalue weighted by Gasteiger charge is -2.38. The number of ketones is 1. The van der Waals surface area contributed by atoms with Gasteiger partial charge in [0.25, 0.3) is 5.56 Å². The van der Waals surface area contributed by atoms with E-state index in [1.807, 2.05) is 6.92 Å². The second-order valence-corrected chi connectivity index (χ2v) is 7.57. The standard InChI is InChI=1S/C22H22FN5O2/c1-14-11-16(21(30)15-3-5-17(23)6-4-15)8-10-28(14)22-26-19(12-20(29)27(22)2)18-7-9-24-13-25-18/h3-7,9,12-14,16H,8,10-11H2,1-2H3/t14-,16?/m1/s1. The summed E-state index contributed by atoms with van der Waals surface area (Å²) in [5.41, 5.74) is 1.42. The molecule has 0 saturated carbocycles. The fourth-order valence-corrected chi connectivity index (χ4v) is 3.91. The third kappa shape index (κ3) is 3.85. The molecule has 1 aliphatic rings. The van der Waals surface area contributed by atoms with E-state index in [2.05, 4.69) is 19.9 Å². The quantitative estimate of drug-likeness (QED) is 0.619. The maximum absolute atomic E-state index is 13.2. The molecular formula is C22H22FN5O2. The Morgan fingerprint density at radius 3 is 2.60 bits per heavy atom. The molecule has 0 bridgehead atoms. The molecule has 1 unspecified atom stereocenters. The summed E-state index contributed by atoms with van der Waals surface area (Å²) in [6, 6.07) is 8.86. The average Bonchev–Trinajstić information content (AvgIpc) is 2.76. The highest BCUT2D eigenvalue weighted by molar-refractivity contribution is 5.98. The normalized spacial score (nSPS) is 19.0. The Bertz CT molecular complexity index is 1110. The molecule has 0 N–H and O–H groups in total. The molecule has 1 fully saturated rings. The van der Waals surface area contributed by atoms with Crippen molar-refractivity contribution in [2.75, 3.05) is 11.4 Å². The van der Waals surface area contributed by atoms with E-state index < -0.39 is 0 Å². The van der Waals surface area contributed by atoms with Crippen LogP contribution in [0.4, 0.5) is 10.3 Å². The van der Waals surface area contributed by atoms with Crippen molar-refractivity contribution in [2.45, 2.75) is 25.8 Å². The smallest absolute Gasteiger partial charge is 0.255 e. The number of aromatic nitrogens is 4. The fourth-order valence-electron chi connectivity index (χ4n) is 3.91. The molecular weight excluding hydrogens is 385 g/mol. The van der Waals surface area contributed by atoms with Crippen LogP contribution in [0.2, 0.25) is 0 Å². The Morgan fingerprint density at radius 1 is 1.17 bits per heavy atom. The van der Waals surface area contributed by atoms with Crippen LogP contribution in [0.1, 0.15) is 30.1 Å². The number of carbonyl (C=O) groups excluding carboxylic acids is 1. The van der Waals surface area contributed by atoms with Gasteiger partial charge in [-0.2, -0.15) is 0 Å². The molecule has 8 heteroatoms. The van der Waals surface area contributed by atoms with Gasteiger partial charge in [0.1, 0.15) is 12.1 Å². The second-order valence-electron chi connectivity index (χ2n) is 7.57. The van der Waals surface area contributed by atoms with Gasteiger partial charge in [-0.25, -0.2) is 19.3 Å². The van der Waals surface area contributed by atoms with Gasteiger partial charge in [0, 0.05) is 43.4 Å². The summed E-state index contributed by atoms with van der Waals surface area (Å²) in [7, 11) is 1.69. The Labute approximate surface area is 173 Å². The number of hydrogen-bond donors (Lipinski definition) is 0. The molecule has 1 aliphatic heterocycles. The Kier molecular flexibility index (Phi) is 5.39. The predicted molar refractivity (Wildman–Crippen MR) is 111 cm³/mol. The zero-order chi connectivity index (χ0) is 21.3. The first-order valence-corrected chi connectivity index (χ1v) is 9.85. The molecule has 7 nitrogen and oxygen atoms in total. The van der Waals surface area contributed by atoms with Gasteiger partial charge in [-0.3, -0.25) is 14.2 Å². The van der Waals surface area contributed by atoms with Crippen LogP contribution in [-0.2, 0) is 7.05 Å². The van der Waals surface area contributed by atoms with E-state index in [0.29, 0.717) is 42.3 Å². The lowest BCUT2D eigenvalue weighted by molar-refractivity contribution is 0.0889. The van der Waals surface area contributed by atoms with Crippen molar-refractivity contribution >= 4 is 11.7 Å². The summed E-state index contributed by atoms with van der Waals surface area (Å²) in [6.45, 7) is 2.61. The number of benzene rings is 1. The van der Waals surface area contributed by atoms with Gasteiger partial charge in [0.2, 0.25) is 5.95 Å². The minimum atomic E-state index is -0.356. The first-order valence-electron chi connectivity index (χ1n) is 9.85. The summed E-state index contributed by atoms with van der Waals surface area (Å²) in [5, 5.41) is 0. The third-order valence-electron chi connectivity index (χ3n) is 5.59. The van der Waals surface area contributed by atoms with Gasteiger partial charge in [0.05, 0.1) is 11.4 Å². The SMILES string of the molecule is C[C@@H]1CC(C(=O)c2ccc(F)cc2)CCN1c1nc(-c2ccncn2)cc(=O)n1C. The van der Waals surface area contributed by atoms with Crippen LogP contribution in [0, 0.1) is 11.7 Å². The van der Waals surface area contributed by atoms with E-state index in [4.69, 9.17) is 0 Å². The Morgan fingerprint density at radius 2 is 1.93 bits per heavy atom. The van der Waals surface area contributed by atoms with Crippen LogP contribution in [0.3, 0.4) is 0 Å². The molecule has 0 spiro atoms. The van der Waals surface area contributed by atoms with Crippen molar-refractivity contribution in [1.82, 2.24) is 19.5 Å². The van der Waals surface area contributed by atoms with E-state index >= 15 is 0 Å². The first-order chi connectivity index (χ1) is 14.4. The lowest BCUT2D eigenvalue weighted by atomic mass is 9.85. The van der Waals surface area contributed by atoms with Gasteiger partial charge in [-0.05, 0) is 50.1 Å². The Balaban J connectivity index is 1.58. The monoisotopic (exact) mass is 407 g/mol. The van der Waals surface area contributed by atoms with E-state index in [9.17, 15) is 14.0 Å². The maximum Gasteiger partial charge on any atom is 0.255 e. The van der Waals surface area contributed by atoms with Gasteiger partial charge in [-0.15, -0.1) is 0 Å². The highest BCUT2D eigenvalue weighted by atomic mass is 19.1. The summed E-state index contributed by atoms with van der Waals surface area (Å²) in [4.78, 5) is 40.2. The number of piperidine rings is 1. The molecule has 0 amide bonds. The number of carbonyl (C=O) groups is 1. The third-order valence-corrected chi connectivity index (χ3v) is 5.59. The van der Waals surface area contributed by atoms with Crippen LogP contribution >= 0.6 is 0 Å². The molecule has 1 aromatic carbocycles. The second kappa shape index (κ2) is 8.14. The van der Waals surface area contributed by atoms with Crippen LogP contribution in [0.5, 0.6) is 0 Å². The highest BCUT2D eigenvalue weighted by Crippen LogP contribution is 2.29. The molecule has 0 radical (unpaired) electrons. The van der Waals surface area contributed by atoms with Crippen LogP contribution in [-0.4, -0.2) is 37.9 Å². The topological polar surface area (TPSA) is 81.0 Å². The zero-order valence-electron chi connectivity index (χ0n) is 16.8. The highest BCUT2D eigenvalue weighted by Gasteiger charge is 2.32. The van der Waals surface area contributed by atoms with E-state index in [1.165, 1.54) is 41.2 Å². The average molecular weight is 407 g/mol. The molecule has 2 atom stereocenters. The molecule has 3 aromatic rings. The molecule has 2 aromatic heterocycles. The molecule has 1 saturated heterocycles. The van der Waals surface area contributed by atoms with Gasteiger partial charge >= 0.3 is 0 Å². The van der Waals surface area contributed by atoms with Crippen molar-refractivity contribution in [2.24, 2.45) is 13.0 Å². The largest absolute Gasteiger partial charge is 0.339 e. The fraction of sp³-hybridized carbons (Fsp3) is 0.318. The predicted octanol–water partition coefficient (Wildman–Crippen LogP) is 2.86. The van der Waals surface area contributed by atoms with Crippen LogP contribution in [0.15, 0.2) is 53.7 Å². The lowest BCUT2D eigenvalue weighted by Crippen LogP contribution is -2.45. The zero-order valence-corrected chi connectivity index (χ0v) is 16.8. The minimum absolute atomic E-state index is 0.00639. The maximum atomic E-state index is 13.2. The first kappa shape index (κ1) is 19.9. The molecule has 154 valence electrons. The number of nitrogens with zero attached hydrogens (tertiary/aromatic N) is 5. The van der Waals surface area contributed by atoms with Crippen molar-refractivity contribution < 1.29 is 9.18 Å².